The monoisotopic (exact) mass is 387 g/mol. The van der Waals surface area contributed by atoms with E-state index in [0.29, 0.717) is 18.5 Å². The summed E-state index contributed by atoms with van der Waals surface area (Å²) in [6, 6.07) is 7.20. The summed E-state index contributed by atoms with van der Waals surface area (Å²) in [5, 5.41) is 2.63. The second-order valence-electron chi connectivity index (χ2n) is 7.41. The van der Waals surface area contributed by atoms with E-state index in [1.807, 2.05) is 31.1 Å². The normalized spacial score (nSPS) is 21.3. The molecule has 150 valence electrons. The van der Waals surface area contributed by atoms with E-state index in [0.717, 1.165) is 23.4 Å². The van der Waals surface area contributed by atoms with Crippen LogP contribution in [-0.2, 0) is 23.9 Å². The number of ether oxygens (including phenoxy) is 1. The number of benzene rings is 1. The smallest absolute Gasteiger partial charge is 0.326 e. The third kappa shape index (κ3) is 4.32. The Morgan fingerprint density at radius 3 is 2.18 bits per heavy atom. The van der Waals surface area contributed by atoms with Crippen molar-refractivity contribution in [1.29, 1.82) is 0 Å². The molecule has 1 aliphatic heterocycles. The van der Waals surface area contributed by atoms with Gasteiger partial charge in [0.05, 0.1) is 11.8 Å². The van der Waals surface area contributed by atoms with Crippen molar-refractivity contribution < 1.29 is 23.9 Å². The Morgan fingerprint density at radius 2 is 1.64 bits per heavy atom. The molecule has 3 rings (SSSR count). The fourth-order valence-corrected chi connectivity index (χ4v) is 3.75. The zero-order chi connectivity index (χ0) is 20.3. The van der Waals surface area contributed by atoms with E-state index < -0.39 is 25.0 Å². The van der Waals surface area contributed by atoms with Crippen LogP contribution in [-0.4, -0.2) is 55.8 Å². The van der Waals surface area contributed by atoms with Gasteiger partial charge in [-0.3, -0.25) is 24.1 Å². The Bertz CT molecular complexity index is 751. The number of likely N-dealkylation sites (tertiary alicyclic amines) is 1. The van der Waals surface area contributed by atoms with Crippen molar-refractivity contribution in [3.63, 3.8) is 0 Å². The maximum absolute atomic E-state index is 12.4. The number of amides is 3. The lowest BCUT2D eigenvalue weighted by atomic mass is 9.81. The molecular weight excluding hydrogens is 362 g/mol. The summed E-state index contributed by atoms with van der Waals surface area (Å²) in [5.41, 5.74) is 1.57. The highest BCUT2D eigenvalue weighted by Gasteiger charge is 2.48. The minimum Gasteiger partial charge on any atom is -0.454 e. The second kappa shape index (κ2) is 8.41. The van der Waals surface area contributed by atoms with Gasteiger partial charge in [-0.2, -0.15) is 0 Å². The molecule has 1 N–H and O–H groups in total. The summed E-state index contributed by atoms with van der Waals surface area (Å²) >= 11 is 0. The Balaban J connectivity index is 1.47. The molecule has 1 aliphatic carbocycles. The summed E-state index contributed by atoms with van der Waals surface area (Å²) < 4.78 is 4.94. The topological polar surface area (TPSA) is 96.0 Å². The first-order chi connectivity index (χ1) is 13.4. The molecule has 1 saturated carbocycles. The van der Waals surface area contributed by atoms with E-state index in [1.165, 1.54) is 0 Å². The largest absolute Gasteiger partial charge is 0.454 e. The molecule has 28 heavy (non-hydrogen) atoms. The van der Waals surface area contributed by atoms with Gasteiger partial charge in [-0.1, -0.05) is 12.8 Å². The number of carbonyl (C=O) groups excluding carboxylic acids is 4. The third-order valence-electron chi connectivity index (χ3n) is 5.25. The number of nitrogens with zero attached hydrogens (tertiary/aromatic N) is 2. The van der Waals surface area contributed by atoms with Gasteiger partial charge < -0.3 is 15.0 Å². The van der Waals surface area contributed by atoms with E-state index >= 15 is 0 Å². The van der Waals surface area contributed by atoms with Gasteiger partial charge in [-0.25, -0.2) is 0 Å². The number of imide groups is 1. The zero-order valence-corrected chi connectivity index (χ0v) is 16.1. The van der Waals surface area contributed by atoms with Crippen molar-refractivity contribution in [2.45, 2.75) is 25.7 Å². The first kappa shape index (κ1) is 19.9. The zero-order valence-electron chi connectivity index (χ0n) is 16.1. The van der Waals surface area contributed by atoms with E-state index in [4.69, 9.17) is 4.74 Å². The number of anilines is 2. The number of hydrogen-bond donors (Lipinski definition) is 1. The lowest BCUT2D eigenvalue weighted by Crippen LogP contribution is -2.37. The van der Waals surface area contributed by atoms with Crippen LogP contribution in [0.25, 0.3) is 0 Å². The summed E-state index contributed by atoms with van der Waals surface area (Å²) in [4.78, 5) is 51.6. The summed E-state index contributed by atoms with van der Waals surface area (Å²) in [6.07, 6.45) is 3.23. The van der Waals surface area contributed by atoms with Gasteiger partial charge in [0.1, 0.15) is 6.54 Å². The molecule has 2 atom stereocenters. The molecule has 8 heteroatoms. The first-order valence-electron chi connectivity index (χ1n) is 9.45. The predicted octanol–water partition coefficient (Wildman–Crippen LogP) is 1.41. The summed E-state index contributed by atoms with van der Waals surface area (Å²) in [7, 11) is 3.83. The van der Waals surface area contributed by atoms with Gasteiger partial charge >= 0.3 is 5.97 Å². The fraction of sp³-hybridized carbons (Fsp3) is 0.500. The Kier molecular flexibility index (Phi) is 5.96. The molecule has 1 aromatic carbocycles. The molecule has 2 aliphatic rings. The van der Waals surface area contributed by atoms with Crippen LogP contribution in [0, 0.1) is 11.8 Å². The maximum Gasteiger partial charge on any atom is 0.326 e. The number of esters is 1. The molecule has 3 amide bonds. The lowest BCUT2D eigenvalue weighted by molar-refractivity contribution is -0.154. The highest BCUT2D eigenvalue weighted by molar-refractivity contribution is 6.07. The van der Waals surface area contributed by atoms with Crippen LogP contribution in [0.2, 0.25) is 0 Å². The van der Waals surface area contributed by atoms with Gasteiger partial charge in [-0.15, -0.1) is 0 Å². The fourth-order valence-electron chi connectivity index (χ4n) is 3.75. The van der Waals surface area contributed by atoms with Crippen molar-refractivity contribution in [1.82, 2.24) is 4.90 Å². The number of nitrogens with one attached hydrogen (secondary N) is 1. The first-order valence-corrected chi connectivity index (χ1v) is 9.45. The van der Waals surface area contributed by atoms with Gasteiger partial charge in [0.15, 0.2) is 6.61 Å². The van der Waals surface area contributed by atoms with Gasteiger partial charge in [0.25, 0.3) is 5.91 Å². The van der Waals surface area contributed by atoms with E-state index in [9.17, 15) is 19.2 Å². The molecule has 2 fully saturated rings. The second-order valence-corrected chi connectivity index (χ2v) is 7.41. The van der Waals surface area contributed by atoms with Crippen molar-refractivity contribution in [2.24, 2.45) is 11.8 Å². The number of fused-ring (bicyclic) bond motifs is 1. The Morgan fingerprint density at radius 1 is 1.07 bits per heavy atom. The highest BCUT2D eigenvalue weighted by atomic mass is 16.5. The quantitative estimate of drug-likeness (QED) is 0.586. The molecule has 8 nitrogen and oxygen atoms in total. The molecule has 1 saturated heterocycles. The van der Waals surface area contributed by atoms with Crippen molar-refractivity contribution >= 4 is 35.1 Å². The third-order valence-corrected chi connectivity index (χ3v) is 5.25. The molecule has 0 unspecified atom stereocenters. The molecule has 1 aromatic rings. The molecule has 0 radical (unpaired) electrons. The maximum atomic E-state index is 12.4. The van der Waals surface area contributed by atoms with Crippen molar-refractivity contribution in [3.8, 4) is 0 Å². The van der Waals surface area contributed by atoms with E-state index in [1.54, 1.807) is 12.1 Å². The van der Waals surface area contributed by atoms with E-state index in [-0.39, 0.29) is 23.7 Å². The average molecular weight is 387 g/mol. The summed E-state index contributed by atoms with van der Waals surface area (Å²) in [6.45, 7) is -0.910. The lowest BCUT2D eigenvalue weighted by Gasteiger charge is -2.19. The van der Waals surface area contributed by atoms with Crippen molar-refractivity contribution in [3.05, 3.63) is 24.3 Å². The predicted molar refractivity (Wildman–Crippen MR) is 103 cm³/mol. The SMILES string of the molecule is CN(C)c1ccc(NC(=O)COC(=O)CN2C(=O)[C@H]3CCCC[C@H]3C2=O)cc1. The Hall–Kier alpha value is -2.90. The highest BCUT2D eigenvalue weighted by Crippen LogP contribution is 2.37. The molecule has 0 aromatic heterocycles. The molecule has 0 spiro atoms. The number of carbonyl (C=O) groups is 4. The molecule has 1 heterocycles. The van der Waals surface area contributed by atoms with Crippen LogP contribution in [0.15, 0.2) is 24.3 Å². The van der Waals surface area contributed by atoms with Crippen molar-refractivity contribution in [2.75, 3.05) is 37.5 Å². The van der Waals surface area contributed by atoms with Crippen LogP contribution in [0.5, 0.6) is 0 Å². The molecule has 0 bridgehead atoms. The van der Waals surface area contributed by atoms with Crippen LogP contribution in [0.3, 0.4) is 0 Å². The minimum absolute atomic E-state index is 0.294. The summed E-state index contributed by atoms with van der Waals surface area (Å²) in [5.74, 6) is -2.45. The van der Waals surface area contributed by atoms with Crippen LogP contribution in [0.1, 0.15) is 25.7 Å². The standard InChI is InChI=1S/C20H25N3O5/c1-22(2)14-9-7-13(8-10-14)21-17(24)12-28-18(25)11-23-19(26)15-5-3-4-6-16(15)20(23)27/h7-10,15-16H,3-6,11-12H2,1-2H3,(H,21,24)/t15-,16+. The van der Waals surface area contributed by atoms with E-state index in [2.05, 4.69) is 5.32 Å². The number of hydrogen-bond acceptors (Lipinski definition) is 6. The van der Waals surface area contributed by atoms with Crippen LogP contribution < -0.4 is 10.2 Å². The molecular formula is C20H25N3O5. The van der Waals surface area contributed by atoms with Gasteiger partial charge in [-0.05, 0) is 37.1 Å². The van der Waals surface area contributed by atoms with Crippen LogP contribution in [0.4, 0.5) is 11.4 Å². The van der Waals surface area contributed by atoms with Crippen LogP contribution >= 0.6 is 0 Å². The van der Waals surface area contributed by atoms with Gasteiger partial charge in [0, 0.05) is 25.5 Å². The minimum atomic E-state index is -0.765. The number of rotatable bonds is 6. The average Bonchev–Trinajstić information content (AvgIpc) is 2.92. The Labute approximate surface area is 163 Å². The van der Waals surface area contributed by atoms with Gasteiger partial charge in [0.2, 0.25) is 11.8 Å².